The molecule has 0 aliphatic rings. The lowest BCUT2D eigenvalue weighted by Gasteiger charge is -2.22. The number of halogens is 1. The van der Waals surface area contributed by atoms with Crippen molar-refractivity contribution in [1.82, 2.24) is 4.98 Å². The molecule has 1 aromatic heterocycles. The molecule has 0 aliphatic heterocycles. The first-order chi connectivity index (χ1) is 9.38. The largest absolute Gasteiger partial charge is 0.478 e. The summed E-state index contributed by atoms with van der Waals surface area (Å²) in [6.45, 7) is 2.40. The lowest BCUT2D eigenvalue weighted by molar-refractivity contribution is 0.0697. The lowest BCUT2D eigenvalue weighted by atomic mass is 10.1. The Morgan fingerprint density at radius 1 is 1.55 bits per heavy atom. The van der Waals surface area contributed by atoms with Gasteiger partial charge in [0.1, 0.15) is 0 Å². The number of thiazole rings is 1. The van der Waals surface area contributed by atoms with E-state index in [0.29, 0.717) is 22.9 Å². The van der Waals surface area contributed by atoms with Gasteiger partial charge in [0, 0.05) is 18.1 Å². The Balaban J connectivity index is 2.38. The van der Waals surface area contributed by atoms with Crippen LogP contribution < -0.4 is 10.6 Å². The van der Waals surface area contributed by atoms with Gasteiger partial charge in [-0.15, -0.1) is 11.3 Å². The molecule has 106 valence electrons. The third-order valence-corrected chi connectivity index (χ3v) is 3.87. The molecule has 0 bridgehead atoms. The molecule has 0 unspecified atom stereocenters. The third-order valence-electron chi connectivity index (χ3n) is 2.76. The van der Waals surface area contributed by atoms with E-state index in [2.05, 4.69) is 4.98 Å². The zero-order valence-electron chi connectivity index (χ0n) is 11.1. The third kappa shape index (κ3) is 3.02. The molecule has 0 fully saturated rings. The predicted octanol–water partition coefficient (Wildman–Crippen LogP) is 3.02. The van der Waals surface area contributed by atoms with Crippen molar-refractivity contribution in [3.8, 4) is 0 Å². The van der Waals surface area contributed by atoms with Gasteiger partial charge in [-0.3, -0.25) is 0 Å². The van der Waals surface area contributed by atoms with Crippen molar-refractivity contribution in [2.75, 3.05) is 17.7 Å². The summed E-state index contributed by atoms with van der Waals surface area (Å²) in [4.78, 5) is 17.5. The fraction of sp³-hybridized carbons (Fsp3) is 0.231. The Morgan fingerprint density at radius 3 is 2.80 bits per heavy atom. The highest BCUT2D eigenvalue weighted by molar-refractivity contribution is 7.09. The number of carboxylic acids is 1. The average molecular weight is 312 g/mol. The second kappa shape index (κ2) is 5.68. The number of aromatic nitrogens is 1. The number of aryl methyl sites for hydroxylation is 1. The van der Waals surface area contributed by atoms with Gasteiger partial charge in [-0.1, -0.05) is 11.6 Å². The van der Waals surface area contributed by atoms with Crippen molar-refractivity contribution in [1.29, 1.82) is 0 Å². The van der Waals surface area contributed by atoms with Gasteiger partial charge >= 0.3 is 5.97 Å². The van der Waals surface area contributed by atoms with Crippen LogP contribution in [0.15, 0.2) is 17.5 Å². The number of carboxylic acid groups (broad SMARTS) is 1. The van der Waals surface area contributed by atoms with E-state index in [1.165, 1.54) is 6.07 Å². The van der Waals surface area contributed by atoms with Crippen LogP contribution >= 0.6 is 22.9 Å². The SMILES string of the molecule is Cc1nc(CN(C)c2c(Cl)cc(N)cc2C(=O)O)cs1. The number of nitrogens with zero attached hydrogens (tertiary/aromatic N) is 2. The number of nitrogens with two attached hydrogens (primary N) is 1. The zero-order chi connectivity index (χ0) is 14.9. The summed E-state index contributed by atoms with van der Waals surface area (Å²) in [5.74, 6) is -1.06. The van der Waals surface area contributed by atoms with Gasteiger partial charge in [0.15, 0.2) is 0 Å². The molecule has 0 atom stereocenters. The summed E-state index contributed by atoms with van der Waals surface area (Å²) in [7, 11) is 1.78. The van der Waals surface area contributed by atoms with Crippen molar-refractivity contribution in [2.24, 2.45) is 0 Å². The minimum atomic E-state index is -1.06. The second-order valence-electron chi connectivity index (χ2n) is 4.42. The Morgan fingerprint density at radius 2 is 2.25 bits per heavy atom. The van der Waals surface area contributed by atoms with Crippen molar-refractivity contribution in [3.05, 3.63) is 38.8 Å². The topological polar surface area (TPSA) is 79.5 Å². The summed E-state index contributed by atoms with van der Waals surface area (Å²) in [5, 5.41) is 12.5. The first-order valence-electron chi connectivity index (χ1n) is 5.83. The normalized spacial score (nSPS) is 10.6. The number of carbonyl (C=O) groups is 1. The van der Waals surface area contributed by atoms with E-state index in [4.69, 9.17) is 17.3 Å². The molecular weight excluding hydrogens is 298 g/mol. The minimum absolute atomic E-state index is 0.0875. The van der Waals surface area contributed by atoms with Gasteiger partial charge in [-0.05, 0) is 19.1 Å². The molecule has 0 saturated carbocycles. The van der Waals surface area contributed by atoms with E-state index in [1.54, 1.807) is 29.4 Å². The van der Waals surface area contributed by atoms with Crippen LogP contribution in [0.4, 0.5) is 11.4 Å². The Labute approximate surface area is 125 Å². The second-order valence-corrected chi connectivity index (χ2v) is 5.89. The number of hydrogen-bond acceptors (Lipinski definition) is 5. The van der Waals surface area contributed by atoms with Crippen molar-refractivity contribution >= 4 is 40.3 Å². The fourth-order valence-electron chi connectivity index (χ4n) is 1.97. The number of hydrogen-bond donors (Lipinski definition) is 2. The molecule has 0 radical (unpaired) electrons. The molecule has 1 aromatic carbocycles. The first-order valence-corrected chi connectivity index (χ1v) is 7.08. The summed E-state index contributed by atoms with van der Waals surface area (Å²) in [6, 6.07) is 2.96. The number of anilines is 2. The Hall–Kier alpha value is -1.79. The number of nitrogen functional groups attached to an aromatic ring is 1. The summed E-state index contributed by atoms with van der Waals surface area (Å²) < 4.78 is 0. The van der Waals surface area contributed by atoms with Crippen LogP contribution in [0.25, 0.3) is 0 Å². The quantitative estimate of drug-likeness (QED) is 0.848. The molecule has 5 nitrogen and oxygen atoms in total. The molecule has 0 spiro atoms. The maximum Gasteiger partial charge on any atom is 0.337 e. The predicted molar refractivity (Wildman–Crippen MR) is 81.8 cm³/mol. The van der Waals surface area contributed by atoms with E-state index < -0.39 is 5.97 Å². The smallest absolute Gasteiger partial charge is 0.337 e. The number of aromatic carboxylic acids is 1. The monoisotopic (exact) mass is 311 g/mol. The summed E-state index contributed by atoms with van der Waals surface area (Å²) in [6.07, 6.45) is 0. The van der Waals surface area contributed by atoms with Crippen LogP contribution in [0, 0.1) is 6.92 Å². The molecule has 1 heterocycles. The van der Waals surface area contributed by atoms with Gasteiger partial charge in [0.25, 0.3) is 0 Å². The number of rotatable bonds is 4. The molecule has 3 N–H and O–H groups in total. The van der Waals surface area contributed by atoms with Gasteiger partial charge in [0.2, 0.25) is 0 Å². The molecule has 0 saturated heterocycles. The van der Waals surface area contributed by atoms with Gasteiger partial charge in [-0.25, -0.2) is 9.78 Å². The van der Waals surface area contributed by atoms with Crippen LogP contribution in [-0.2, 0) is 6.54 Å². The maximum absolute atomic E-state index is 11.3. The Kier molecular flexibility index (Phi) is 4.15. The lowest BCUT2D eigenvalue weighted by Crippen LogP contribution is -2.20. The van der Waals surface area contributed by atoms with Crippen LogP contribution in [0.1, 0.15) is 21.1 Å². The Bertz CT molecular complexity index is 657. The first kappa shape index (κ1) is 14.6. The van der Waals surface area contributed by atoms with Crippen LogP contribution in [-0.4, -0.2) is 23.1 Å². The average Bonchev–Trinajstić information content (AvgIpc) is 2.73. The van der Waals surface area contributed by atoms with E-state index in [1.807, 2.05) is 12.3 Å². The summed E-state index contributed by atoms with van der Waals surface area (Å²) >= 11 is 7.69. The van der Waals surface area contributed by atoms with Crippen molar-refractivity contribution in [3.63, 3.8) is 0 Å². The molecule has 2 aromatic rings. The van der Waals surface area contributed by atoms with Gasteiger partial charge in [0.05, 0.1) is 33.5 Å². The van der Waals surface area contributed by atoms with Gasteiger partial charge in [-0.2, -0.15) is 0 Å². The van der Waals surface area contributed by atoms with Crippen molar-refractivity contribution in [2.45, 2.75) is 13.5 Å². The molecule has 0 aliphatic carbocycles. The highest BCUT2D eigenvalue weighted by atomic mass is 35.5. The van der Waals surface area contributed by atoms with Crippen LogP contribution in [0.2, 0.25) is 5.02 Å². The van der Waals surface area contributed by atoms with Crippen LogP contribution in [0.5, 0.6) is 0 Å². The highest BCUT2D eigenvalue weighted by Gasteiger charge is 2.19. The standard InChI is InChI=1S/C13H14ClN3O2S/c1-7-16-9(6-20-7)5-17(2)12-10(13(18)19)3-8(15)4-11(12)14/h3-4,6H,5,15H2,1-2H3,(H,18,19). The molecule has 7 heteroatoms. The van der Waals surface area contributed by atoms with Crippen LogP contribution in [0.3, 0.4) is 0 Å². The molecular formula is C13H14ClN3O2S. The highest BCUT2D eigenvalue weighted by Crippen LogP contribution is 2.32. The van der Waals surface area contributed by atoms with E-state index >= 15 is 0 Å². The molecule has 2 rings (SSSR count). The maximum atomic E-state index is 11.3. The van der Waals surface area contributed by atoms with E-state index in [0.717, 1.165) is 10.7 Å². The minimum Gasteiger partial charge on any atom is -0.478 e. The number of benzene rings is 1. The molecule has 0 amide bonds. The van der Waals surface area contributed by atoms with E-state index in [9.17, 15) is 9.90 Å². The summed E-state index contributed by atoms with van der Waals surface area (Å²) in [5.41, 5.74) is 7.38. The fourth-order valence-corrected chi connectivity index (χ4v) is 2.95. The molecule has 20 heavy (non-hydrogen) atoms. The van der Waals surface area contributed by atoms with E-state index in [-0.39, 0.29) is 5.56 Å². The van der Waals surface area contributed by atoms with Crippen molar-refractivity contribution < 1.29 is 9.90 Å². The van der Waals surface area contributed by atoms with Gasteiger partial charge < -0.3 is 15.7 Å². The zero-order valence-corrected chi connectivity index (χ0v) is 12.6.